The predicted octanol–water partition coefficient (Wildman–Crippen LogP) is 1.15. The van der Waals surface area contributed by atoms with Crippen LogP contribution in [0.4, 0.5) is 0 Å². The van der Waals surface area contributed by atoms with Gasteiger partial charge in [-0.05, 0) is 12.8 Å². The van der Waals surface area contributed by atoms with Gasteiger partial charge in [-0.15, -0.1) is 11.6 Å². The third-order valence-corrected chi connectivity index (χ3v) is 2.64. The van der Waals surface area contributed by atoms with Crippen LogP contribution in [0.2, 0.25) is 0 Å². The first-order valence-corrected chi connectivity index (χ1v) is 5.63. The maximum atomic E-state index is 11.4. The van der Waals surface area contributed by atoms with Crippen LogP contribution in [-0.4, -0.2) is 42.5 Å². The quantitative estimate of drug-likeness (QED) is 0.666. The van der Waals surface area contributed by atoms with E-state index in [-0.39, 0.29) is 17.9 Å². The lowest BCUT2D eigenvalue weighted by atomic mass is 10.2. The van der Waals surface area contributed by atoms with Gasteiger partial charge in [0.15, 0.2) is 0 Å². The minimum absolute atomic E-state index is 0.0296. The Bertz CT molecular complexity index is 246. The zero-order valence-electron chi connectivity index (χ0n) is 8.62. The molecule has 0 N–H and O–H groups in total. The number of amides is 1. The zero-order chi connectivity index (χ0) is 11.1. The van der Waals surface area contributed by atoms with E-state index in [0.29, 0.717) is 19.5 Å². The van der Waals surface area contributed by atoms with E-state index in [1.54, 1.807) is 4.90 Å². The van der Waals surface area contributed by atoms with E-state index in [4.69, 9.17) is 21.6 Å². The van der Waals surface area contributed by atoms with Gasteiger partial charge in [-0.3, -0.25) is 4.79 Å². The highest BCUT2D eigenvalue weighted by Gasteiger charge is 2.21. The van der Waals surface area contributed by atoms with E-state index >= 15 is 0 Å². The van der Waals surface area contributed by atoms with E-state index in [0.717, 1.165) is 19.4 Å². The Morgan fingerprint density at radius 3 is 3.00 bits per heavy atom. The smallest absolute Gasteiger partial charge is 0.237 e. The van der Waals surface area contributed by atoms with Crippen LogP contribution in [0.5, 0.6) is 0 Å². The van der Waals surface area contributed by atoms with Gasteiger partial charge in [-0.1, -0.05) is 0 Å². The molecule has 4 nitrogen and oxygen atoms in total. The molecular weight excluding hydrogens is 216 g/mol. The maximum absolute atomic E-state index is 11.4. The third-order valence-electron chi connectivity index (χ3n) is 2.41. The van der Waals surface area contributed by atoms with Crippen LogP contribution in [0.15, 0.2) is 0 Å². The summed E-state index contributed by atoms with van der Waals surface area (Å²) in [5, 5.41) is 8.48. The average Bonchev–Trinajstić information content (AvgIpc) is 2.75. The number of ether oxygens (including phenoxy) is 1. The fraction of sp³-hybridized carbons (Fsp3) is 0.800. The predicted molar refractivity (Wildman–Crippen MR) is 56.5 cm³/mol. The summed E-state index contributed by atoms with van der Waals surface area (Å²) in [5.74, 6) is -0.152. The second-order valence-electron chi connectivity index (χ2n) is 3.52. The second kappa shape index (κ2) is 6.65. The summed E-state index contributed by atoms with van der Waals surface area (Å²) in [6, 6.07) is 2.02. The van der Waals surface area contributed by atoms with Gasteiger partial charge < -0.3 is 9.64 Å². The number of carbonyl (C=O) groups is 1. The normalized spacial score (nSPS) is 19.9. The fourth-order valence-corrected chi connectivity index (χ4v) is 1.79. The summed E-state index contributed by atoms with van der Waals surface area (Å²) in [5.41, 5.74) is 0. The van der Waals surface area contributed by atoms with Crippen molar-refractivity contribution >= 4 is 17.5 Å². The van der Waals surface area contributed by atoms with Crippen molar-refractivity contribution in [3.8, 4) is 6.07 Å². The molecule has 0 aromatic heterocycles. The van der Waals surface area contributed by atoms with Gasteiger partial charge in [0.1, 0.15) is 5.88 Å². The molecule has 84 valence electrons. The summed E-state index contributed by atoms with van der Waals surface area (Å²) < 4.78 is 5.44. The third kappa shape index (κ3) is 4.06. The SMILES string of the molecule is N#CCCN(CC1CCCO1)C(=O)CCl. The lowest BCUT2D eigenvalue weighted by Gasteiger charge is -2.23. The standard InChI is InChI=1S/C10H15ClN2O2/c11-7-10(14)13(5-2-4-12)8-9-3-1-6-15-9/h9H,1-3,5-8H2. The summed E-state index contributed by atoms with van der Waals surface area (Å²) in [4.78, 5) is 13.1. The van der Waals surface area contributed by atoms with Crippen molar-refractivity contribution in [2.75, 3.05) is 25.6 Å². The molecule has 5 heteroatoms. The molecule has 0 aromatic rings. The molecule has 1 saturated heterocycles. The number of halogens is 1. The number of rotatable bonds is 5. The summed E-state index contributed by atoms with van der Waals surface area (Å²) >= 11 is 5.50. The number of carbonyl (C=O) groups excluding carboxylic acids is 1. The van der Waals surface area contributed by atoms with Crippen LogP contribution in [0.1, 0.15) is 19.3 Å². The van der Waals surface area contributed by atoms with Crippen molar-refractivity contribution in [3.63, 3.8) is 0 Å². The Morgan fingerprint density at radius 1 is 1.67 bits per heavy atom. The monoisotopic (exact) mass is 230 g/mol. The second-order valence-corrected chi connectivity index (χ2v) is 3.78. The Labute approximate surface area is 94.7 Å². The molecule has 0 spiro atoms. The minimum Gasteiger partial charge on any atom is -0.376 e. The Balaban J connectivity index is 2.40. The molecule has 1 aliphatic rings. The van der Waals surface area contributed by atoms with Crippen molar-refractivity contribution in [2.45, 2.75) is 25.4 Å². The first-order valence-electron chi connectivity index (χ1n) is 5.10. The number of hydrogen-bond acceptors (Lipinski definition) is 3. The maximum Gasteiger partial charge on any atom is 0.237 e. The van der Waals surface area contributed by atoms with Crippen molar-refractivity contribution in [1.29, 1.82) is 5.26 Å². The van der Waals surface area contributed by atoms with Gasteiger partial charge in [0.2, 0.25) is 5.91 Å². The van der Waals surface area contributed by atoms with Crippen LogP contribution in [0, 0.1) is 11.3 Å². The fourth-order valence-electron chi connectivity index (χ4n) is 1.62. The molecule has 0 aliphatic carbocycles. The van der Waals surface area contributed by atoms with Crippen molar-refractivity contribution in [1.82, 2.24) is 4.90 Å². The Morgan fingerprint density at radius 2 is 2.47 bits per heavy atom. The lowest BCUT2D eigenvalue weighted by Crippen LogP contribution is -2.38. The minimum atomic E-state index is -0.123. The first-order chi connectivity index (χ1) is 7.27. The first kappa shape index (κ1) is 12.3. The van der Waals surface area contributed by atoms with Crippen LogP contribution >= 0.6 is 11.6 Å². The van der Waals surface area contributed by atoms with Gasteiger partial charge in [-0.2, -0.15) is 5.26 Å². The molecule has 0 aromatic carbocycles. The largest absolute Gasteiger partial charge is 0.376 e. The molecule has 1 fully saturated rings. The molecule has 15 heavy (non-hydrogen) atoms. The van der Waals surface area contributed by atoms with E-state index in [9.17, 15) is 4.79 Å². The topological polar surface area (TPSA) is 53.3 Å². The van der Waals surface area contributed by atoms with Crippen LogP contribution in [-0.2, 0) is 9.53 Å². The molecular formula is C10H15ClN2O2. The van der Waals surface area contributed by atoms with Gasteiger partial charge in [0.05, 0.1) is 18.6 Å². The van der Waals surface area contributed by atoms with Crippen LogP contribution in [0.25, 0.3) is 0 Å². The van der Waals surface area contributed by atoms with Gasteiger partial charge in [-0.25, -0.2) is 0 Å². The molecule has 0 saturated carbocycles. The average molecular weight is 231 g/mol. The summed E-state index contributed by atoms with van der Waals surface area (Å²) in [6.45, 7) is 1.78. The highest BCUT2D eigenvalue weighted by Crippen LogP contribution is 2.13. The summed E-state index contributed by atoms with van der Waals surface area (Å²) in [7, 11) is 0. The molecule has 0 bridgehead atoms. The molecule has 0 radical (unpaired) electrons. The van der Waals surface area contributed by atoms with Crippen molar-refractivity contribution in [2.24, 2.45) is 0 Å². The van der Waals surface area contributed by atoms with Crippen LogP contribution in [0.3, 0.4) is 0 Å². The van der Waals surface area contributed by atoms with Crippen molar-refractivity contribution < 1.29 is 9.53 Å². The number of alkyl halides is 1. The van der Waals surface area contributed by atoms with Crippen LogP contribution < -0.4 is 0 Å². The van der Waals surface area contributed by atoms with Gasteiger partial charge in [0, 0.05) is 19.7 Å². The number of hydrogen-bond donors (Lipinski definition) is 0. The highest BCUT2D eigenvalue weighted by atomic mass is 35.5. The molecule has 1 aliphatic heterocycles. The Kier molecular flexibility index (Phi) is 5.44. The molecule has 1 atom stereocenters. The number of nitrogens with zero attached hydrogens (tertiary/aromatic N) is 2. The van der Waals surface area contributed by atoms with E-state index in [1.807, 2.05) is 6.07 Å². The molecule has 1 heterocycles. The van der Waals surface area contributed by atoms with E-state index in [2.05, 4.69) is 0 Å². The lowest BCUT2D eigenvalue weighted by molar-refractivity contribution is -0.130. The van der Waals surface area contributed by atoms with Gasteiger partial charge in [0.25, 0.3) is 0 Å². The summed E-state index contributed by atoms with van der Waals surface area (Å²) in [6.07, 6.45) is 2.50. The molecule has 1 rings (SSSR count). The number of nitriles is 1. The van der Waals surface area contributed by atoms with E-state index in [1.165, 1.54) is 0 Å². The molecule has 1 amide bonds. The molecule has 1 unspecified atom stereocenters. The Hall–Kier alpha value is -0.790. The highest BCUT2D eigenvalue weighted by molar-refractivity contribution is 6.27. The van der Waals surface area contributed by atoms with Gasteiger partial charge >= 0.3 is 0 Å². The van der Waals surface area contributed by atoms with Crippen molar-refractivity contribution in [3.05, 3.63) is 0 Å². The zero-order valence-corrected chi connectivity index (χ0v) is 9.37. The van der Waals surface area contributed by atoms with E-state index < -0.39 is 0 Å².